The van der Waals surface area contributed by atoms with Crippen molar-refractivity contribution in [1.82, 2.24) is 0 Å². The molecule has 1 aromatic rings. The van der Waals surface area contributed by atoms with Crippen LogP contribution in [-0.2, 0) is 4.79 Å². The van der Waals surface area contributed by atoms with Crippen molar-refractivity contribution < 1.29 is 4.79 Å². The van der Waals surface area contributed by atoms with Crippen LogP contribution in [0.2, 0.25) is 0 Å². The topological polar surface area (TPSA) is 58.4 Å². The van der Waals surface area contributed by atoms with Gasteiger partial charge in [-0.2, -0.15) is 0 Å². The number of piperidine rings is 1. The molecule has 1 aliphatic carbocycles. The molecule has 3 rings (SSSR count). The summed E-state index contributed by atoms with van der Waals surface area (Å²) >= 11 is 0. The summed E-state index contributed by atoms with van der Waals surface area (Å²) in [5.41, 5.74) is 7.47. The summed E-state index contributed by atoms with van der Waals surface area (Å²) in [6.07, 6.45) is 5.87. The van der Waals surface area contributed by atoms with Gasteiger partial charge in [0.1, 0.15) is 0 Å². The van der Waals surface area contributed by atoms with Gasteiger partial charge in [0.2, 0.25) is 5.91 Å². The van der Waals surface area contributed by atoms with E-state index < -0.39 is 5.54 Å². The minimum absolute atomic E-state index is 0.0607. The first-order valence-corrected chi connectivity index (χ1v) is 8.03. The van der Waals surface area contributed by atoms with Crippen molar-refractivity contribution in [2.75, 3.05) is 23.3 Å². The van der Waals surface area contributed by atoms with Gasteiger partial charge in [0.25, 0.3) is 0 Å². The molecule has 1 saturated heterocycles. The van der Waals surface area contributed by atoms with Crippen LogP contribution in [0.15, 0.2) is 24.3 Å². The van der Waals surface area contributed by atoms with Crippen molar-refractivity contribution in [3.05, 3.63) is 24.3 Å². The number of anilines is 2. The van der Waals surface area contributed by atoms with E-state index in [1.807, 2.05) is 25.1 Å². The van der Waals surface area contributed by atoms with E-state index in [0.29, 0.717) is 5.92 Å². The lowest BCUT2D eigenvalue weighted by molar-refractivity contribution is -0.121. The van der Waals surface area contributed by atoms with Crippen molar-refractivity contribution in [3.8, 4) is 0 Å². The van der Waals surface area contributed by atoms with Crippen molar-refractivity contribution in [2.45, 2.75) is 44.6 Å². The zero-order chi connectivity index (χ0) is 14.9. The van der Waals surface area contributed by atoms with Crippen LogP contribution in [0.3, 0.4) is 0 Å². The molecular weight excluding hydrogens is 262 g/mol. The molecule has 4 heteroatoms. The van der Waals surface area contributed by atoms with E-state index in [1.165, 1.54) is 19.3 Å². The Hall–Kier alpha value is -1.55. The van der Waals surface area contributed by atoms with Crippen LogP contribution in [0.25, 0.3) is 0 Å². The van der Waals surface area contributed by atoms with Gasteiger partial charge in [-0.25, -0.2) is 0 Å². The number of nitrogens with one attached hydrogen (secondary N) is 1. The van der Waals surface area contributed by atoms with Crippen LogP contribution in [0.5, 0.6) is 0 Å². The van der Waals surface area contributed by atoms with Gasteiger partial charge in [-0.1, -0.05) is 12.1 Å². The molecule has 4 nitrogen and oxygen atoms in total. The Kier molecular flexibility index (Phi) is 3.89. The average Bonchev–Trinajstić information content (AvgIpc) is 3.34. The third-order valence-corrected chi connectivity index (χ3v) is 4.76. The normalized spacial score (nSPS) is 21.7. The van der Waals surface area contributed by atoms with Gasteiger partial charge in [-0.05, 0) is 57.1 Å². The Morgan fingerprint density at radius 3 is 2.57 bits per heavy atom. The van der Waals surface area contributed by atoms with Crippen molar-refractivity contribution in [2.24, 2.45) is 11.7 Å². The molecule has 1 aliphatic heterocycles. The summed E-state index contributed by atoms with van der Waals surface area (Å²) in [7, 11) is 0. The summed E-state index contributed by atoms with van der Waals surface area (Å²) in [5.74, 6) is 0.272. The number of nitrogens with two attached hydrogens (primary N) is 1. The van der Waals surface area contributed by atoms with Crippen LogP contribution >= 0.6 is 0 Å². The molecule has 1 atom stereocenters. The first kappa shape index (κ1) is 14.4. The van der Waals surface area contributed by atoms with Crippen molar-refractivity contribution in [1.29, 1.82) is 0 Å². The zero-order valence-electron chi connectivity index (χ0n) is 12.8. The molecule has 2 aliphatic rings. The molecule has 0 bridgehead atoms. The van der Waals surface area contributed by atoms with Gasteiger partial charge in [0.05, 0.1) is 16.9 Å². The van der Waals surface area contributed by atoms with Gasteiger partial charge >= 0.3 is 0 Å². The molecule has 21 heavy (non-hydrogen) atoms. The van der Waals surface area contributed by atoms with Crippen LogP contribution in [0, 0.1) is 5.92 Å². The molecule has 0 aromatic heterocycles. The van der Waals surface area contributed by atoms with Crippen molar-refractivity contribution in [3.63, 3.8) is 0 Å². The third kappa shape index (κ3) is 3.05. The number of nitrogens with zero attached hydrogens (tertiary/aromatic N) is 1. The van der Waals surface area contributed by atoms with E-state index in [-0.39, 0.29) is 5.91 Å². The molecule has 2 fully saturated rings. The predicted molar refractivity (Wildman–Crippen MR) is 86.5 cm³/mol. The lowest BCUT2D eigenvalue weighted by atomic mass is 9.96. The number of carbonyl (C=O) groups excluding carboxylic acids is 1. The Morgan fingerprint density at radius 1 is 1.24 bits per heavy atom. The highest BCUT2D eigenvalue weighted by Crippen LogP contribution is 2.39. The largest absolute Gasteiger partial charge is 0.370 e. The second-order valence-corrected chi connectivity index (χ2v) is 6.58. The number of carbonyl (C=O) groups is 1. The highest BCUT2D eigenvalue weighted by molar-refractivity contribution is 6.00. The first-order valence-electron chi connectivity index (χ1n) is 8.03. The van der Waals surface area contributed by atoms with E-state index in [1.54, 1.807) is 0 Å². The van der Waals surface area contributed by atoms with Gasteiger partial charge in [-0.15, -0.1) is 0 Å². The monoisotopic (exact) mass is 287 g/mol. The summed E-state index contributed by atoms with van der Waals surface area (Å²) in [6.45, 7) is 3.98. The highest BCUT2D eigenvalue weighted by atomic mass is 16.2. The van der Waals surface area contributed by atoms with Crippen LogP contribution in [0.1, 0.15) is 39.0 Å². The maximum absolute atomic E-state index is 12.5. The molecule has 0 radical (unpaired) electrons. The summed E-state index contributed by atoms with van der Waals surface area (Å²) in [6, 6.07) is 8.06. The number of amides is 1. The molecular formula is C17H25N3O. The summed E-state index contributed by atoms with van der Waals surface area (Å²) < 4.78 is 0. The van der Waals surface area contributed by atoms with Gasteiger partial charge in [0.15, 0.2) is 0 Å². The smallest absolute Gasteiger partial charge is 0.244 e. The number of benzene rings is 1. The molecule has 1 unspecified atom stereocenters. The predicted octanol–water partition coefficient (Wildman–Crippen LogP) is 2.74. The highest BCUT2D eigenvalue weighted by Gasteiger charge is 2.44. The third-order valence-electron chi connectivity index (χ3n) is 4.76. The lowest BCUT2D eigenvalue weighted by Gasteiger charge is -2.31. The molecule has 114 valence electrons. The quantitative estimate of drug-likeness (QED) is 0.895. The SMILES string of the molecule is CC(N)(C(=O)Nc1ccccc1N1CCCCC1)C1CC1. The lowest BCUT2D eigenvalue weighted by Crippen LogP contribution is -2.50. The second kappa shape index (κ2) is 5.68. The van der Waals surface area contributed by atoms with E-state index in [2.05, 4.69) is 16.3 Å². The first-order chi connectivity index (χ1) is 10.1. The molecule has 1 heterocycles. The zero-order valence-corrected chi connectivity index (χ0v) is 12.8. The Labute approximate surface area is 126 Å². The van der Waals surface area contributed by atoms with Crippen LogP contribution in [-0.4, -0.2) is 24.5 Å². The maximum Gasteiger partial charge on any atom is 0.244 e. The molecule has 1 saturated carbocycles. The average molecular weight is 287 g/mol. The van der Waals surface area contributed by atoms with Gasteiger partial charge < -0.3 is 16.0 Å². The fourth-order valence-electron chi connectivity index (χ4n) is 3.12. The molecule has 3 N–H and O–H groups in total. The van der Waals surface area contributed by atoms with Gasteiger partial charge in [-0.3, -0.25) is 4.79 Å². The fraction of sp³-hybridized carbons (Fsp3) is 0.588. The van der Waals surface area contributed by atoms with Crippen LogP contribution in [0.4, 0.5) is 11.4 Å². The molecule has 1 aromatic carbocycles. The fourth-order valence-corrected chi connectivity index (χ4v) is 3.12. The Bertz CT molecular complexity index is 517. The second-order valence-electron chi connectivity index (χ2n) is 6.58. The molecule has 0 spiro atoms. The van der Waals surface area contributed by atoms with Crippen molar-refractivity contribution >= 4 is 17.3 Å². The van der Waals surface area contributed by atoms with Crippen LogP contribution < -0.4 is 16.0 Å². The minimum Gasteiger partial charge on any atom is -0.370 e. The minimum atomic E-state index is -0.755. The number of hydrogen-bond donors (Lipinski definition) is 2. The summed E-state index contributed by atoms with van der Waals surface area (Å²) in [5, 5.41) is 3.06. The molecule has 1 amide bonds. The standard InChI is InChI=1S/C17H25N3O/c1-17(18,13-9-10-13)16(21)19-14-7-3-4-8-15(14)20-11-5-2-6-12-20/h3-4,7-8,13H,2,5-6,9-12,18H2,1H3,(H,19,21). The number of hydrogen-bond acceptors (Lipinski definition) is 3. The Morgan fingerprint density at radius 2 is 1.90 bits per heavy atom. The van der Waals surface area contributed by atoms with E-state index in [4.69, 9.17) is 5.73 Å². The van der Waals surface area contributed by atoms with Gasteiger partial charge in [0, 0.05) is 13.1 Å². The number of rotatable bonds is 4. The Balaban J connectivity index is 1.77. The maximum atomic E-state index is 12.5. The van der Waals surface area contributed by atoms with E-state index in [9.17, 15) is 4.79 Å². The summed E-state index contributed by atoms with van der Waals surface area (Å²) in [4.78, 5) is 14.9. The number of para-hydroxylation sites is 2. The van der Waals surface area contributed by atoms with E-state index in [0.717, 1.165) is 37.3 Å². The van der Waals surface area contributed by atoms with E-state index >= 15 is 0 Å².